The number of benzene rings is 3. The summed E-state index contributed by atoms with van der Waals surface area (Å²) in [7, 11) is -4.21. The van der Waals surface area contributed by atoms with Crippen molar-refractivity contribution in [2.75, 3.05) is 11.3 Å². The van der Waals surface area contributed by atoms with Gasteiger partial charge in [0.25, 0.3) is 15.9 Å². The molecule has 0 bridgehead atoms. The molecule has 0 aliphatic heterocycles. The summed E-state index contributed by atoms with van der Waals surface area (Å²) in [5.74, 6) is -2.88. The van der Waals surface area contributed by atoms with Crippen molar-refractivity contribution in [3.05, 3.63) is 95.6 Å². The van der Waals surface area contributed by atoms with E-state index in [1.807, 2.05) is 30.3 Å². The standard InChI is InChI=1S/C21H18F2N2O3S/c22-18-11-10-16(14-19(18)23)29(27,28)25-20-9-5-4-8-17(20)21(26)24-13-12-15-6-2-1-3-7-15/h1-11,14,25H,12-13H2,(H,24,26). The maximum absolute atomic E-state index is 13.4. The number of carbonyl (C=O) groups is 1. The molecular formula is C21H18F2N2O3S. The van der Waals surface area contributed by atoms with E-state index in [2.05, 4.69) is 10.0 Å². The summed E-state index contributed by atoms with van der Waals surface area (Å²) in [6, 6.07) is 17.9. The van der Waals surface area contributed by atoms with Gasteiger partial charge in [-0.2, -0.15) is 0 Å². The normalized spacial score (nSPS) is 11.1. The van der Waals surface area contributed by atoms with E-state index in [4.69, 9.17) is 0 Å². The summed E-state index contributed by atoms with van der Waals surface area (Å²) in [5, 5.41) is 2.75. The highest BCUT2D eigenvalue weighted by molar-refractivity contribution is 7.92. The Morgan fingerprint density at radius 1 is 0.862 bits per heavy atom. The van der Waals surface area contributed by atoms with Crippen LogP contribution < -0.4 is 10.0 Å². The summed E-state index contributed by atoms with van der Waals surface area (Å²) in [6.07, 6.45) is 0.620. The fraction of sp³-hybridized carbons (Fsp3) is 0.0952. The van der Waals surface area contributed by atoms with Crippen molar-refractivity contribution in [2.45, 2.75) is 11.3 Å². The number of anilines is 1. The molecule has 3 rings (SSSR count). The Kier molecular flexibility index (Phi) is 6.23. The molecule has 3 aromatic rings. The molecule has 0 aliphatic carbocycles. The first kappa shape index (κ1) is 20.5. The van der Waals surface area contributed by atoms with Gasteiger partial charge in [-0.15, -0.1) is 0 Å². The average Bonchev–Trinajstić information content (AvgIpc) is 2.71. The summed E-state index contributed by atoms with van der Waals surface area (Å²) in [5.41, 5.74) is 1.21. The number of rotatable bonds is 7. The average molecular weight is 416 g/mol. The van der Waals surface area contributed by atoms with Crippen LogP contribution in [0.5, 0.6) is 0 Å². The number of para-hydroxylation sites is 1. The van der Waals surface area contributed by atoms with Gasteiger partial charge >= 0.3 is 0 Å². The van der Waals surface area contributed by atoms with Crippen LogP contribution in [0.3, 0.4) is 0 Å². The lowest BCUT2D eigenvalue weighted by Gasteiger charge is -2.13. The van der Waals surface area contributed by atoms with E-state index in [1.165, 1.54) is 12.1 Å². The molecular weight excluding hydrogens is 398 g/mol. The molecule has 0 saturated carbocycles. The number of hydrogen-bond donors (Lipinski definition) is 2. The Hall–Kier alpha value is -3.26. The van der Waals surface area contributed by atoms with Crippen LogP contribution in [0.2, 0.25) is 0 Å². The van der Waals surface area contributed by atoms with Gasteiger partial charge in [0.1, 0.15) is 0 Å². The second kappa shape index (κ2) is 8.83. The van der Waals surface area contributed by atoms with E-state index < -0.39 is 32.5 Å². The number of nitrogens with one attached hydrogen (secondary N) is 2. The van der Waals surface area contributed by atoms with E-state index in [9.17, 15) is 22.0 Å². The smallest absolute Gasteiger partial charge is 0.262 e. The minimum Gasteiger partial charge on any atom is -0.352 e. The lowest BCUT2D eigenvalue weighted by Crippen LogP contribution is -2.27. The number of amides is 1. The van der Waals surface area contributed by atoms with Crippen molar-refractivity contribution in [2.24, 2.45) is 0 Å². The van der Waals surface area contributed by atoms with Crippen molar-refractivity contribution < 1.29 is 22.0 Å². The first-order chi connectivity index (χ1) is 13.9. The SMILES string of the molecule is O=C(NCCc1ccccc1)c1ccccc1NS(=O)(=O)c1ccc(F)c(F)c1. The molecule has 0 fully saturated rings. The van der Waals surface area contributed by atoms with E-state index in [0.717, 1.165) is 17.7 Å². The lowest BCUT2D eigenvalue weighted by molar-refractivity contribution is 0.0955. The highest BCUT2D eigenvalue weighted by Gasteiger charge is 2.20. The van der Waals surface area contributed by atoms with Crippen molar-refractivity contribution in [1.29, 1.82) is 0 Å². The van der Waals surface area contributed by atoms with Gasteiger partial charge < -0.3 is 5.32 Å². The predicted octanol–water partition coefficient (Wildman–Crippen LogP) is 3.74. The van der Waals surface area contributed by atoms with Crippen LogP contribution in [0, 0.1) is 11.6 Å². The number of halogens is 2. The van der Waals surface area contributed by atoms with Crippen LogP contribution >= 0.6 is 0 Å². The second-order valence-corrected chi connectivity index (χ2v) is 7.90. The van der Waals surface area contributed by atoms with Gasteiger partial charge in [-0.3, -0.25) is 9.52 Å². The van der Waals surface area contributed by atoms with Crippen molar-refractivity contribution in [3.8, 4) is 0 Å². The minimum atomic E-state index is -4.21. The van der Waals surface area contributed by atoms with Crippen LogP contribution in [-0.4, -0.2) is 20.9 Å². The Morgan fingerprint density at radius 3 is 2.28 bits per heavy atom. The molecule has 0 radical (unpaired) electrons. The largest absolute Gasteiger partial charge is 0.352 e. The Morgan fingerprint density at radius 2 is 1.55 bits per heavy atom. The zero-order valence-corrected chi connectivity index (χ0v) is 16.0. The molecule has 0 heterocycles. The second-order valence-electron chi connectivity index (χ2n) is 6.22. The Balaban J connectivity index is 1.74. The quantitative estimate of drug-likeness (QED) is 0.616. The van der Waals surface area contributed by atoms with Crippen molar-refractivity contribution in [3.63, 3.8) is 0 Å². The van der Waals surface area contributed by atoms with E-state index >= 15 is 0 Å². The molecule has 5 nitrogen and oxygen atoms in total. The minimum absolute atomic E-state index is 0.0365. The van der Waals surface area contributed by atoms with Crippen LogP contribution in [0.25, 0.3) is 0 Å². The third kappa shape index (κ3) is 5.17. The summed E-state index contributed by atoms with van der Waals surface area (Å²) < 4.78 is 53.8. The Labute approximate surface area is 167 Å². The van der Waals surface area contributed by atoms with E-state index in [-0.39, 0.29) is 11.3 Å². The summed E-state index contributed by atoms with van der Waals surface area (Å²) in [4.78, 5) is 12.1. The van der Waals surface area contributed by atoms with Crippen molar-refractivity contribution in [1.82, 2.24) is 5.32 Å². The highest BCUT2D eigenvalue weighted by atomic mass is 32.2. The van der Waals surface area contributed by atoms with Crippen molar-refractivity contribution >= 4 is 21.6 Å². The summed E-state index contributed by atoms with van der Waals surface area (Å²) in [6.45, 7) is 0.368. The highest BCUT2D eigenvalue weighted by Crippen LogP contribution is 2.21. The zero-order chi connectivity index (χ0) is 20.9. The first-order valence-electron chi connectivity index (χ1n) is 8.76. The van der Waals surface area contributed by atoms with Crippen LogP contribution in [0.15, 0.2) is 77.7 Å². The molecule has 0 unspecified atom stereocenters. The molecule has 2 N–H and O–H groups in total. The van der Waals surface area contributed by atoms with Gasteiger partial charge in [-0.1, -0.05) is 42.5 Å². The van der Waals surface area contributed by atoms with Gasteiger partial charge in [0.2, 0.25) is 0 Å². The molecule has 0 saturated heterocycles. The zero-order valence-electron chi connectivity index (χ0n) is 15.2. The maximum Gasteiger partial charge on any atom is 0.262 e. The van der Waals surface area contributed by atoms with E-state index in [1.54, 1.807) is 12.1 Å². The third-order valence-corrected chi connectivity index (χ3v) is 5.52. The molecule has 0 aromatic heterocycles. The predicted molar refractivity (Wildman–Crippen MR) is 106 cm³/mol. The molecule has 3 aromatic carbocycles. The molecule has 1 amide bonds. The van der Waals surface area contributed by atoms with Crippen LogP contribution in [0.4, 0.5) is 14.5 Å². The first-order valence-corrected chi connectivity index (χ1v) is 10.2. The number of sulfonamides is 1. The topological polar surface area (TPSA) is 75.3 Å². The fourth-order valence-electron chi connectivity index (χ4n) is 2.68. The molecule has 29 heavy (non-hydrogen) atoms. The lowest BCUT2D eigenvalue weighted by atomic mass is 10.1. The molecule has 150 valence electrons. The van der Waals surface area contributed by atoms with Gasteiger partial charge in [0.05, 0.1) is 16.1 Å². The van der Waals surface area contributed by atoms with Gasteiger partial charge in [-0.25, -0.2) is 17.2 Å². The third-order valence-electron chi connectivity index (χ3n) is 4.16. The van der Waals surface area contributed by atoms with Crippen LogP contribution in [-0.2, 0) is 16.4 Å². The molecule has 0 aliphatic rings. The maximum atomic E-state index is 13.4. The number of hydrogen-bond acceptors (Lipinski definition) is 3. The number of carbonyl (C=O) groups excluding carboxylic acids is 1. The molecule has 0 spiro atoms. The van der Waals surface area contributed by atoms with Crippen LogP contribution in [0.1, 0.15) is 15.9 Å². The van der Waals surface area contributed by atoms with Gasteiger partial charge in [0.15, 0.2) is 11.6 Å². The molecule has 8 heteroatoms. The van der Waals surface area contributed by atoms with Gasteiger partial charge in [-0.05, 0) is 42.3 Å². The monoisotopic (exact) mass is 416 g/mol. The molecule has 0 atom stereocenters. The van der Waals surface area contributed by atoms with E-state index in [0.29, 0.717) is 19.0 Å². The summed E-state index contributed by atoms with van der Waals surface area (Å²) >= 11 is 0. The Bertz CT molecular complexity index is 1120. The fourth-order valence-corrected chi connectivity index (χ4v) is 3.77. The van der Waals surface area contributed by atoms with Gasteiger partial charge in [0, 0.05) is 6.54 Å².